The monoisotopic (exact) mass is 483 g/mol. The summed E-state index contributed by atoms with van der Waals surface area (Å²) in [7, 11) is 0. The van der Waals surface area contributed by atoms with Crippen molar-refractivity contribution in [2.75, 3.05) is 18.1 Å². The zero-order valence-corrected chi connectivity index (χ0v) is 21.3. The molecule has 1 unspecified atom stereocenters. The van der Waals surface area contributed by atoms with E-state index in [0.717, 1.165) is 48.3 Å². The minimum atomic E-state index is -0.930. The predicted molar refractivity (Wildman–Crippen MR) is 132 cm³/mol. The summed E-state index contributed by atoms with van der Waals surface area (Å²) in [5, 5.41) is 2.85. The van der Waals surface area contributed by atoms with Crippen molar-refractivity contribution in [2.24, 2.45) is 11.3 Å². The fourth-order valence-electron chi connectivity index (χ4n) is 5.79. The van der Waals surface area contributed by atoms with Gasteiger partial charge in [0.1, 0.15) is 12.1 Å². The van der Waals surface area contributed by atoms with Crippen LogP contribution < -0.4 is 10.2 Å². The summed E-state index contributed by atoms with van der Waals surface area (Å²) in [6, 6.07) is 7.15. The molecule has 8 heteroatoms. The highest BCUT2D eigenvalue weighted by Crippen LogP contribution is 2.45. The highest BCUT2D eigenvalue weighted by Gasteiger charge is 2.54. The summed E-state index contributed by atoms with van der Waals surface area (Å²) in [6.45, 7) is 7.72. The number of hydrogen-bond donors (Lipinski definition) is 1. The molecule has 4 amide bonds. The smallest absolute Gasteiger partial charge is 0.326 e. The van der Waals surface area contributed by atoms with Crippen LogP contribution in [-0.2, 0) is 25.5 Å². The number of benzene rings is 1. The predicted octanol–water partition coefficient (Wildman–Crippen LogP) is 3.81. The number of aryl methyl sites for hydroxylation is 1. The Morgan fingerprint density at radius 2 is 1.83 bits per heavy atom. The second-order valence-corrected chi connectivity index (χ2v) is 11.0. The fraction of sp³-hybridized carbons (Fsp3) is 0.630. The second-order valence-electron chi connectivity index (χ2n) is 11.0. The molecule has 1 aromatic carbocycles. The highest BCUT2D eigenvalue weighted by molar-refractivity contribution is 6.09. The number of nitrogens with one attached hydrogen (secondary N) is 1. The van der Waals surface area contributed by atoms with Crippen molar-refractivity contribution < 1.29 is 23.9 Å². The number of carbonyl (C=O) groups excluding carboxylic acids is 4. The number of imide groups is 1. The van der Waals surface area contributed by atoms with Gasteiger partial charge >= 0.3 is 12.0 Å². The molecule has 1 spiro atoms. The van der Waals surface area contributed by atoms with Crippen LogP contribution in [0.4, 0.5) is 10.5 Å². The molecule has 190 valence electrons. The molecule has 0 aromatic heterocycles. The van der Waals surface area contributed by atoms with Gasteiger partial charge in [-0.15, -0.1) is 0 Å². The van der Waals surface area contributed by atoms with Gasteiger partial charge in [0, 0.05) is 11.7 Å². The van der Waals surface area contributed by atoms with E-state index in [0.29, 0.717) is 18.8 Å². The van der Waals surface area contributed by atoms with E-state index in [1.54, 1.807) is 4.90 Å². The number of hydrogen-bond acceptors (Lipinski definition) is 5. The van der Waals surface area contributed by atoms with Gasteiger partial charge < -0.3 is 15.0 Å². The van der Waals surface area contributed by atoms with Gasteiger partial charge in [0.15, 0.2) is 6.61 Å². The molecule has 1 N–H and O–H groups in total. The summed E-state index contributed by atoms with van der Waals surface area (Å²) in [5.74, 6) is -0.951. The molecule has 0 radical (unpaired) electrons. The molecular formula is C27H37N3O5. The summed E-state index contributed by atoms with van der Waals surface area (Å²) >= 11 is 0. The number of esters is 1. The Morgan fingerprint density at radius 3 is 2.51 bits per heavy atom. The first kappa shape index (κ1) is 25.2. The number of carbonyl (C=O) groups is 4. The first-order valence-corrected chi connectivity index (χ1v) is 12.8. The van der Waals surface area contributed by atoms with Crippen molar-refractivity contribution in [1.29, 1.82) is 0 Å². The largest absolute Gasteiger partial charge is 0.454 e. The minimum Gasteiger partial charge on any atom is -0.454 e. The lowest BCUT2D eigenvalue weighted by atomic mass is 9.65. The highest BCUT2D eigenvalue weighted by atomic mass is 16.5. The van der Waals surface area contributed by atoms with Crippen LogP contribution in [0.1, 0.15) is 71.8 Å². The molecule has 1 aromatic rings. The van der Waals surface area contributed by atoms with Gasteiger partial charge in [0.05, 0.1) is 0 Å². The van der Waals surface area contributed by atoms with Gasteiger partial charge in [-0.1, -0.05) is 45.4 Å². The van der Waals surface area contributed by atoms with E-state index in [-0.39, 0.29) is 23.3 Å². The molecule has 3 aliphatic rings. The van der Waals surface area contributed by atoms with E-state index in [9.17, 15) is 19.2 Å². The number of ether oxygens (including phenoxy) is 1. The average molecular weight is 484 g/mol. The maximum Gasteiger partial charge on any atom is 0.326 e. The van der Waals surface area contributed by atoms with E-state index in [1.807, 2.05) is 31.2 Å². The Bertz CT molecular complexity index is 1010. The molecule has 2 heterocycles. The van der Waals surface area contributed by atoms with E-state index in [1.165, 1.54) is 0 Å². The molecule has 1 saturated heterocycles. The number of para-hydroxylation sites is 1. The minimum absolute atomic E-state index is 0.00490. The average Bonchev–Trinajstić information content (AvgIpc) is 3.06. The summed E-state index contributed by atoms with van der Waals surface area (Å²) < 4.78 is 5.23. The van der Waals surface area contributed by atoms with Crippen molar-refractivity contribution in [2.45, 2.75) is 84.2 Å². The number of anilines is 1. The van der Waals surface area contributed by atoms with Gasteiger partial charge in [-0.05, 0) is 68.4 Å². The standard InChI is InChI=1S/C27H37N3O5/c1-5-26(3,4)20-12-14-27(15-13-20)24(33)29(25(34)28-27)16-23(32)35-17-22(31)30-18(2)10-11-19-8-6-7-9-21(19)30/h6-9,18,20H,5,10-17H2,1-4H3,(H,28,34). The SMILES string of the molecule is CCC(C)(C)C1CCC2(CC1)NC(=O)N(CC(=O)OCC(=O)N1c3ccccc3CCC1C)C2=O. The fourth-order valence-corrected chi connectivity index (χ4v) is 5.79. The Kier molecular flexibility index (Phi) is 6.93. The van der Waals surface area contributed by atoms with E-state index >= 15 is 0 Å². The maximum atomic E-state index is 13.2. The Morgan fingerprint density at radius 1 is 1.14 bits per heavy atom. The van der Waals surface area contributed by atoms with Crippen LogP contribution in [0, 0.1) is 11.3 Å². The first-order valence-electron chi connectivity index (χ1n) is 12.8. The molecule has 2 aliphatic heterocycles. The van der Waals surface area contributed by atoms with Gasteiger partial charge in [-0.3, -0.25) is 19.3 Å². The molecule has 8 nitrogen and oxygen atoms in total. The van der Waals surface area contributed by atoms with E-state index in [4.69, 9.17) is 4.74 Å². The molecular weight excluding hydrogens is 446 g/mol. The molecule has 0 bridgehead atoms. The van der Waals surface area contributed by atoms with Crippen LogP contribution >= 0.6 is 0 Å². The van der Waals surface area contributed by atoms with E-state index < -0.39 is 30.7 Å². The van der Waals surface area contributed by atoms with Gasteiger partial charge in [0.2, 0.25) is 0 Å². The van der Waals surface area contributed by atoms with Crippen LogP contribution in [0.3, 0.4) is 0 Å². The van der Waals surface area contributed by atoms with Crippen molar-refractivity contribution >= 4 is 29.5 Å². The third kappa shape index (κ3) is 4.80. The van der Waals surface area contributed by atoms with E-state index in [2.05, 4.69) is 26.1 Å². The number of fused-ring (bicyclic) bond motifs is 1. The molecule has 2 fully saturated rings. The zero-order chi connectivity index (χ0) is 25.4. The maximum absolute atomic E-state index is 13.2. The third-order valence-corrected chi connectivity index (χ3v) is 8.54. The lowest BCUT2D eigenvalue weighted by molar-refractivity contribution is -0.151. The molecule has 1 saturated carbocycles. The van der Waals surface area contributed by atoms with Crippen molar-refractivity contribution in [3.05, 3.63) is 29.8 Å². The summed E-state index contributed by atoms with van der Waals surface area (Å²) in [6.07, 6.45) is 5.64. The Balaban J connectivity index is 1.33. The lowest BCUT2D eigenvalue weighted by Gasteiger charge is -2.42. The van der Waals surface area contributed by atoms with Gasteiger partial charge in [-0.2, -0.15) is 0 Å². The van der Waals surface area contributed by atoms with Crippen molar-refractivity contribution in [3.8, 4) is 0 Å². The Hall–Kier alpha value is -2.90. The number of amides is 4. The number of rotatable bonds is 6. The quantitative estimate of drug-likeness (QED) is 0.490. The van der Waals surface area contributed by atoms with Crippen LogP contribution in [0.2, 0.25) is 0 Å². The first-order chi connectivity index (χ1) is 16.6. The number of urea groups is 1. The van der Waals surface area contributed by atoms with Crippen LogP contribution in [0.25, 0.3) is 0 Å². The lowest BCUT2D eigenvalue weighted by Crippen LogP contribution is -2.51. The topological polar surface area (TPSA) is 96.0 Å². The summed E-state index contributed by atoms with van der Waals surface area (Å²) in [4.78, 5) is 53.8. The van der Waals surface area contributed by atoms with Gasteiger partial charge in [-0.25, -0.2) is 4.79 Å². The second kappa shape index (κ2) is 9.63. The van der Waals surface area contributed by atoms with Crippen LogP contribution in [-0.4, -0.2) is 53.4 Å². The molecule has 1 atom stereocenters. The molecule has 1 aliphatic carbocycles. The number of nitrogens with zero attached hydrogens (tertiary/aromatic N) is 2. The third-order valence-electron chi connectivity index (χ3n) is 8.54. The van der Waals surface area contributed by atoms with Crippen molar-refractivity contribution in [3.63, 3.8) is 0 Å². The van der Waals surface area contributed by atoms with Gasteiger partial charge in [0.25, 0.3) is 11.8 Å². The normalized spacial score (nSPS) is 26.5. The van der Waals surface area contributed by atoms with Crippen LogP contribution in [0.5, 0.6) is 0 Å². The zero-order valence-electron chi connectivity index (χ0n) is 21.3. The van der Waals surface area contributed by atoms with Crippen molar-refractivity contribution in [1.82, 2.24) is 10.2 Å². The molecule has 4 rings (SSSR count). The summed E-state index contributed by atoms with van der Waals surface area (Å²) in [5.41, 5.74) is 1.19. The Labute approximate surface area is 207 Å². The molecule has 35 heavy (non-hydrogen) atoms. The van der Waals surface area contributed by atoms with Crippen LogP contribution in [0.15, 0.2) is 24.3 Å².